The molecule has 8 heteroatoms. The van der Waals surface area contributed by atoms with Crippen molar-refractivity contribution in [3.63, 3.8) is 0 Å². The number of anilines is 1. The van der Waals surface area contributed by atoms with Crippen LogP contribution < -0.4 is 11.1 Å². The Morgan fingerprint density at radius 2 is 1.96 bits per heavy atom. The molecule has 140 valence electrons. The first-order valence-electron chi connectivity index (χ1n) is 8.82. The van der Waals surface area contributed by atoms with Crippen LogP contribution in [0, 0.1) is 17.3 Å². The number of ether oxygens (including phenoxy) is 1. The maximum absolute atomic E-state index is 12.8. The number of carbonyl (C=O) groups excluding carboxylic acids is 3. The van der Waals surface area contributed by atoms with Crippen molar-refractivity contribution in [2.75, 3.05) is 11.9 Å². The fourth-order valence-corrected chi connectivity index (χ4v) is 6.94. The molecule has 4 atom stereocenters. The van der Waals surface area contributed by atoms with Gasteiger partial charge >= 0.3 is 5.97 Å². The average molecular weight is 397 g/mol. The van der Waals surface area contributed by atoms with Crippen molar-refractivity contribution in [1.82, 2.24) is 0 Å². The molecule has 1 heterocycles. The van der Waals surface area contributed by atoms with Gasteiger partial charge in [0.25, 0.3) is 11.8 Å². The van der Waals surface area contributed by atoms with Crippen molar-refractivity contribution in [1.29, 1.82) is 0 Å². The number of amides is 2. The number of esters is 1. The van der Waals surface area contributed by atoms with Gasteiger partial charge in [-0.1, -0.05) is 0 Å². The molecule has 1 aromatic heterocycles. The van der Waals surface area contributed by atoms with Crippen LogP contribution in [-0.4, -0.2) is 29.3 Å². The van der Waals surface area contributed by atoms with Crippen LogP contribution in [0.1, 0.15) is 48.9 Å². The molecule has 0 spiro atoms. The van der Waals surface area contributed by atoms with Gasteiger partial charge < -0.3 is 15.8 Å². The largest absolute Gasteiger partial charge is 0.455 e. The molecule has 0 aromatic carbocycles. The van der Waals surface area contributed by atoms with Crippen LogP contribution in [-0.2, 0) is 14.3 Å². The second kappa shape index (κ2) is 6.23. The fourth-order valence-electron chi connectivity index (χ4n) is 5.44. The number of nitrogens with one attached hydrogen (secondary N) is 1. The SMILES string of the molecule is NC(=O)c1ccsc1NC(=O)COC(=O)C12C[C@@H]3C[C@@H](CC(Cl)(C3)C1)C2. The third kappa shape index (κ3) is 3.11. The maximum Gasteiger partial charge on any atom is 0.312 e. The molecule has 4 aliphatic rings. The number of alkyl halides is 1. The van der Waals surface area contributed by atoms with Crippen molar-refractivity contribution >= 4 is 45.7 Å². The van der Waals surface area contributed by atoms with Crippen LogP contribution in [0.4, 0.5) is 5.00 Å². The number of nitrogens with two attached hydrogens (primary N) is 1. The summed E-state index contributed by atoms with van der Waals surface area (Å²) in [5, 5.41) is 4.62. The molecule has 0 saturated heterocycles. The number of primary amides is 1. The van der Waals surface area contributed by atoms with Crippen LogP contribution in [0.15, 0.2) is 11.4 Å². The second-order valence-electron chi connectivity index (χ2n) is 8.04. The highest BCUT2D eigenvalue weighted by Gasteiger charge is 2.60. The van der Waals surface area contributed by atoms with Gasteiger partial charge in [0.15, 0.2) is 6.61 Å². The molecule has 6 nitrogen and oxygen atoms in total. The predicted molar refractivity (Wildman–Crippen MR) is 98.1 cm³/mol. The Hall–Kier alpha value is -1.60. The Kier molecular flexibility index (Phi) is 4.27. The topological polar surface area (TPSA) is 98.5 Å². The molecule has 0 radical (unpaired) electrons. The summed E-state index contributed by atoms with van der Waals surface area (Å²) < 4.78 is 5.36. The van der Waals surface area contributed by atoms with Crippen LogP contribution in [0.5, 0.6) is 0 Å². The van der Waals surface area contributed by atoms with E-state index in [9.17, 15) is 14.4 Å². The zero-order valence-electron chi connectivity index (χ0n) is 14.3. The molecule has 1 aromatic rings. The van der Waals surface area contributed by atoms with Gasteiger partial charge in [-0.05, 0) is 61.8 Å². The summed E-state index contributed by atoms with van der Waals surface area (Å²) >= 11 is 7.94. The molecule has 4 aliphatic carbocycles. The molecule has 4 fully saturated rings. The van der Waals surface area contributed by atoms with Gasteiger partial charge in [0.2, 0.25) is 0 Å². The zero-order valence-corrected chi connectivity index (χ0v) is 15.8. The van der Waals surface area contributed by atoms with Gasteiger partial charge in [0.1, 0.15) is 5.00 Å². The highest BCUT2D eigenvalue weighted by atomic mass is 35.5. The fraction of sp³-hybridized carbons (Fsp3) is 0.611. The first-order valence-corrected chi connectivity index (χ1v) is 10.1. The standard InChI is InChI=1S/C18H21ClN2O4S/c19-18-6-10-3-11(7-18)5-17(4-10,9-18)16(24)25-8-13(22)21-15-12(14(20)23)1-2-26-15/h1-2,10-11H,3-9H2,(H2,20,23)(H,21,22)/t10-,11+,17?,18?. The van der Waals surface area contributed by atoms with E-state index in [2.05, 4.69) is 5.32 Å². The smallest absolute Gasteiger partial charge is 0.312 e. The Balaban J connectivity index is 1.37. The van der Waals surface area contributed by atoms with Crippen LogP contribution in [0.2, 0.25) is 0 Å². The van der Waals surface area contributed by atoms with Gasteiger partial charge in [-0.25, -0.2) is 0 Å². The third-order valence-corrected chi connectivity index (χ3v) is 7.21. The number of hydrogen-bond donors (Lipinski definition) is 2. The Labute approximate surface area is 160 Å². The molecule has 5 rings (SSSR count). The Bertz CT molecular complexity index is 763. The van der Waals surface area contributed by atoms with E-state index in [1.807, 2.05) is 0 Å². The van der Waals surface area contributed by atoms with E-state index in [0.29, 0.717) is 23.3 Å². The summed E-state index contributed by atoms with van der Waals surface area (Å²) in [6.07, 6.45) is 5.39. The summed E-state index contributed by atoms with van der Waals surface area (Å²) in [5.41, 5.74) is 4.97. The maximum atomic E-state index is 12.8. The summed E-state index contributed by atoms with van der Waals surface area (Å²) in [4.78, 5) is 35.9. The van der Waals surface area contributed by atoms with Crippen LogP contribution in [0.3, 0.4) is 0 Å². The van der Waals surface area contributed by atoms with E-state index in [4.69, 9.17) is 22.1 Å². The minimum absolute atomic E-state index is 0.250. The molecule has 0 aliphatic heterocycles. The second-order valence-corrected chi connectivity index (χ2v) is 9.76. The molecular formula is C18H21ClN2O4S. The molecule has 4 bridgehead atoms. The van der Waals surface area contributed by atoms with Gasteiger partial charge in [-0.15, -0.1) is 22.9 Å². The van der Waals surface area contributed by atoms with E-state index in [1.54, 1.807) is 11.4 Å². The van der Waals surface area contributed by atoms with E-state index < -0.39 is 17.2 Å². The van der Waals surface area contributed by atoms with Gasteiger partial charge in [0.05, 0.1) is 11.0 Å². The van der Waals surface area contributed by atoms with Gasteiger partial charge in [-0.2, -0.15) is 0 Å². The summed E-state index contributed by atoms with van der Waals surface area (Å²) in [7, 11) is 0. The number of halogens is 1. The Morgan fingerprint density at radius 3 is 2.58 bits per heavy atom. The first kappa shape index (κ1) is 17.8. The molecule has 4 saturated carbocycles. The normalized spacial score (nSPS) is 34.5. The highest BCUT2D eigenvalue weighted by molar-refractivity contribution is 7.14. The van der Waals surface area contributed by atoms with Crippen LogP contribution in [0.25, 0.3) is 0 Å². The molecule has 26 heavy (non-hydrogen) atoms. The van der Waals surface area contributed by atoms with Crippen molar-refractivity contribution in [3.8, 4) is 0 Å². The predicted octanol–water partition coefficient (Wildman–Crippen LogP) is 2.91. The quantitative estimate of drug-likeness (QED) is 0.590. The van der Waals surface area contributed by atoms with Crippen molar-refractivity contribution in [2.24, 2.45) is 23.0 Å². The van der Waals surface area contributed by atoms with Crippen molar-refractivity contribution < 1.29 is 19.1 Å². The van der Waals surface area contributed by atoms with Crippen molar-refractivity contribution in [3.05, 3.63) is 17.0 Å². The van der Waals surface area contributed by atoms with E-state index in [1.165, 1.54) is 11.3 Å². The van der Waals surface area contributed by atoms with E-state index in [-0.39, 0.29) is 23.0 Å². The lowest BCUT2D eigenvalue weighted by atomic mass is 9.49. The van der Waals surface area contributed by atoms with E-state index in [0.717, 1.165) is 32.1 Å². The van der Waals surface area contributed by atoms with Crippen molar-refractivity contribution in [2.45, 2.75) is 43.4 Å². The molecular weight excluding hydrogens is 376 g/mol. The number of thiophene rings is 1. The molecule has 3 N–H and O–H groups in total. The number of hydrogen-bond acceptors (Lipinski definition) is 5. The van der Waals surface area contributed by atoms with Gasteiger partial charge in [-0.3, -0.25) is 14.4 Å². The Morgan fingerprint density at radius 1 is 1.27 bits per heavy atom. The minimum atomic E-state index is -0.612. The van der Waals surface area contributed by atoms with Crippen LogP contribution >= 0.6 is 22.9 Å². The zero-order chi connectivity index (χ0) is 18.5. The summed E-state index contributed by atoms with van der Waals surface area (Å²) in [6.45, 7) is -0.374. The summed E-state index contributed by atoms with van der Waals surface area (Å²) in [5.74, 6) is -0.431. The first-order chi connectivity index (χ1) is 12.3. The highest BCUT2D eigenvalue weighted by Crippen LogP contribution is 2.64. The van der Waals surface area contributed by atoms with Gasteiger partial charge in [0, 0.05) is 4.87 Å². The molecule has 2 amide bonds. The summed E-state index contributed by atoms with van der Waals surface area (Å²) in [6, 6.07) is 1.55. The lowest BCUT2D eigenvalue weighted by Gasteiger charge is -2.58. The number of carbonyl (C=O) groups is 3. The lowest BCUT2D eigenvalue weighted by molar-refractivity contribution is -0.171. The molecule has 2 unspecified atom stereocenters. The minimum Gasteiger partial charge on any atom is -0.455 e. The lowest BCUT2D eigenvalue weighted by Crippen LogP contribution is -2.56. The average Bonchev–Trinajstić information content (AvgIpc) is 2.98. The third-order valence-electron chi connectivity index (χ3n) is 5.94. The van der Waals surface area contributed by atoms with E-state index >= 15 is 0 Å². The monoisotopic (exact) mass is 396 g/mol. The number of rotatable bonds is 5.